The molecule has 2 aliphatic carbocycles. The Kier molecular flexibility index (Phi) is 3.66. The minimum atomic E-state index is -0.334. The third-order valence-corrected chi connectivity index (χ3v) is 5.19. The van der Waals surface area contributed by atoms with E-state index in [1.54, 1.807) is 6.07 Å². The molecule has 120 valence electrons. The van der Waals surface area contributed by atoms with Gasteiger partial charge < -0.3 is 19.3 Å². The third-order valence-electron chi connectivity index (χ3n) is 5.19. The van der Waals surface area contributed by atoms with Crippen LogP contribution in [-0.4, -0.2) is 53.0 Å². The second-order valence-corrected chi connectivity index (χ2v) is 6.69. The Balaban J connectivity index is 1.53. The lowest BCUT2D eigenvalue weighted by molar-refractivity contribution is -0.0396. The highest BCUT2D eigenvalue weighted by molar-refractivity contribution is 5.91. The average molecular weight is 306 g/mol. The highest BCUT2D eigenvalue weighted by atomic mass is 16.5. The summed E-state index contributed by atoms with van der Waals surface area (Å²) in [6, 6.07) is 1.73. The van der Waals surface area contributed by atoms with Crippen LogP contribution in [0.5, 0.6) is 0 Å². The molecule has 1 amide bonds. The Bertz CT molecular complexity index is 554. The lowest BCUT2D eigenvalue weighted by atomic mass is 9.94. The van der Waals surface area contributed by atoms with E-state index in [1.807, 2.05) is 4.90 Å². The van der Waals surface area contributed by atoms with Gasteiger partial charge in [0.2, 0.25) is 5.76 Å². The fraction of sp³-hybridized carbons (Fsp3) is 0.750. The summed E-state index contributed by atoms with van der Waals surface area (Å²) in [6.07, 6.45) is 4.71. The average Bonchev–Trinajstić information content (AvgIpc) is 3.11. The maximum atomic E-state index is 12.8. The lowest BCUT2D eigenvalue weighted by Crippen LogP contribution is -2.53. The molecule has 0 aromatic carbocycles. The molecule has 6 nitrogen and oxygen atoms in total. The number of hydrogen-bond donors (Lipinski definition) is 1. The number of ether oxygens (including phenoxy) is 1. The SMILES string of the molecule is O=C(c1cc(C2CC2)no1)N1CCOC[C@@H]1[C@H]1CCC[C@H]1O. The normalized spacial score (nSPS) is 32.4. The van der Waals surface area contributed by atoms with Gasteiger partial charge in [-0.25, -0.2) is 0 Å². The fourth-order valence-electron chi connectivity index (χ4n) is 3.75. The van der Waals surface area contributed by atoms with Crippen molar-refractivity contribution in [1.82, 2.24) is 10.1 Å². The Morgan fingerprint density at radius 2 is 2.18 bits per heavy atom. The van der Waals surface area contributed by atoms with Crippen LogP contribution in [-0.2, 0) is 4.74 Å². The van der Waals surface area contributed by atoms with E-state index in [9.17, 15) is 9.90 Å². The third kappa shape index (κ3) is 2.54. The van der Waals surface area contributed by atoms with Gasteiger partial charge in [-0.2, -0.15) is 0 Å². The number of morpholine rings is 1. The molecule has 0 unspecified atom stereocenters. The number of carbonyl (C=O) groups is 1. The molecule has 22 heavy (non-hydrogen) atoms. The van der Waals surface area contributed by atoms with Gasteiger partial charge in [-0.1, -0.05) is 11.6 Å². The van der Waals surface area contributed by atoms with Crippen LogP contribution in [0.15, 0.2) is 10.6 Å². The van der Waals surface area contributed by atoms with Crippen LogP contribution in [0, 0.1) is 5.92 Å². The van der Waals surface area contributed by atoms with E-state index in [-0.39, 0.29) is 24.0 Å². The minimum absolute atomic E-state index is 0.0618. The maximum absolute atomic E-state index is 12.8. The molecule has 1 aromatic heterocycles. The summed E-state index contributed by atoms with van der Waals surface area (Å²) in [7, 11) is 0. The molecule has 2 saturated carbocycles. The standard InChI is InChI=1S/C16H22N2O4/c19-14-3-1-2-11(14)13-9-21-7-6-18(13)16(20)15-8-12(17-22-15)10-4-5-10/h8,10-11,13-14,19H,1-7,9H2/t11-,13-,14-/m1/s1. The number of nitrogens with zero attached hydrogens (tertiary/aromatic N) is 2. The van der Waals surface area contributed by atoms with Crippen molar-refractivity contribution in [1.29, 1.82) is 0 Å². The van der Waals surface area contributed by atoms with Crippen molar-refractivity contribution in [3.8, 4) is 0 Å². The van der Waals surface area contributed by atoms with Gasteiger partial charge in [-0.3, -0.25) is 4.79 Å². The first-order chi connectivity index (χ1) is 10.7. The summed E-state index contributed by atoms with van der Waals surface area (Å²) in [6.45, 7) is 1.58. The van der Waals surface area contributed by atoms with Crippen molar-refractivity contribution in [3.05, 3.63) is 17.5 Å². The Hall–Kier alpha value is -1.40. The number of rotatable bonds is 3. The van der Waals surface area contributed by atoms with E-state index >= 15 is 0 Å². The van der Waals surface area contributed by atoms with E-state index in [1.165, 1.54) is 0 Å². The Labute approximate surface area is 129 Å². The monoisotopic (exact) mass is 306 g/mol. The van der Waals surface area contributed by atoms with Crippen LogP contribution >= 0.6 is 0 Å². The zero-order valence-electron chi connectivity index (χ0n) is 12.6. The Morgan fingerprint density at radius 1 is 1.32 bits per heavy atom. The number of aliphatic hydroxyl groups is 1. The van der Waals surface area contributed by atoms with E-state index < -0.39 is 0 Å². The van der Waals surface area contributed by atoms with Gasteiger partial charge in [0.1, 0.15) is 0 Å². The van der Waals surface area contributed by atoms with Crippen LogP contribution < -0.4 is 0 Å². The molecule has 3 fully saturated rings. The first kappa shape index (κ1) is 14.2. The molecule has 6 heteroatoms. The molecule has 3 aliphatic rings. The second kappa shape index (κ2) is 5.66. The number of hydrogen-bond acceptors (Lipinski definition) is 5. The maximum Gasteiger partial charge on any atom is 0.292 e. The van der Waals surface area contributed by atoms with E-state index in [0.717, 1.165) is 37.8 Å². The molecule has 3 atom stereocenters. The predicted molar refractivity (Wildman–Crippen MR) is 77.5 cm³/mol. The fourth-order valence-corrected chi connectivity index (χ4v) is 3.75. The van der Waals surface area contributed by atoms with Crippen molar-refractivity contribution < 1.29 is 19.2 Å². The van der Waals surface area contributed by atoms with Crippen molar-refractivity contribution in [2.24, 2.45) is 5.92 Å². The highest BCUT2D eigenvalue weighted by Gasteiger charge is 2.40. The van der Waals surface area contributed by atoms with Crippen LogP contribution in [0.4, 0.5) is 0 Å². The summed E-state index contributed by atoms with van der Waals surface area (Å²) in [4.78, 5) is 14.6. The molecular weight excluding hydrogens is 284 g/mol. The molecule has 1 N–H and O–H groups in total. The van der Waals surface area contributed by atoms with Gasteiger partial charge in [0.05, 0.1) is 31.1 Å². The van der Waals surface area contributed by atoms with Crippen LogP contribution in [0.3, 0.4) is 0 Å². The van der Waals surface area contributed by atoms with Crippen LogP contribution in [0.2, 0.25) is 0 Å². The first-order valence-corrected chi connectivity index (χ1v) is 8.27. The Morgan fingerprint density at radius 3 is 2.91 bits per heavy atom. The van der Waals surface area contributed by atoms with Crippen molar-refractivity contribution in [2.75, 3.05) is 19.8 Å². The first-order valence-electron chi connectivity index (χ1n) is 8.27. The molecule has 0 bridgehead atoms. The topological polar surface area (TPSA) is 75.8 Å². The zero-order valence-corrected chi connectivity index (χ0v) is 12.6. The van der Waals surface area contributed by atoms with E-state index in [4.69, 9.17) is 9.26 Å². The van der Waals surface area contributed by atoms with Crippen molar-refractivity contribution in [3.63, 3.8) is 0 Å². The number of aromatic nitrogens is 1. The second-order valence-electron chi connectivity index (χ2n) is 6.69. The summed E-state index contributed by atoms with van der Waals surface area (Å²) in [5.74, 6) is 0.783. The highest BCUT2D eigenvalue weighted by Crippen LogP contribution is 2.39. The summed E-state index contributed by atoms with van der Waals surface area (Å²) in [5, 5.41) is 14.2. The summed E-state index contributed by atoms with van der Waals surface area (Å²) in [5.41, 5.74) is 0.897. The zero-order chi connectivity index (χ0) is 15.1. The smallest absolute Gasteiger partial charge is 0.292 e. The molecule has 1 aliphatic heterocycles. The lowest BCUT2D eigenvalue weighted by Gasteiger charge is -2.39. The molecular formula is C16H22N2O4. The van der Waals surface area contributed by atoms with Gasteiger partial charge in [0.15, 0.2) is 0 Å². The largest absolute Gasteiger partial charge is 0.393 e. The molecule has 0 radical (unpaired) electrons. The summed E-state index contributed by atoms with van der Waals surface area (Å²) >= 11 is 0. The molecule has 0 spiro atoms. The number of aliphatic hydroxyl groups excluding tert-OH is 1. The molecule has 4 rings (SSSR count). The predicted octanol–water partition coefficient (Wildman–Crippen LogP) is 1.55. The quantitative estimate of drug-likeness (QED) is 0.917. The van der Waals surface area contributed by atoms with Gasteiger partial charge in [0.25, 0.3) is 5.91 Å². The van der Waals surface area contributed by atoms with Crippen molar-refractivity contribution in [2.45, 2.75) is 50.2 Å². The number of amides is 1. The van der Waals surface area contributed by atoms with Gasteiger partial charge >= 0.3 is 0 Å². The number of carbonyl (C=O) groups excluding carboxylic acids is 1. The molecule has 2 heterocycles. The van der Waals surface area contributed by atoms with Gasteiger partial charge in [-0.05, 0) is 25.7 Å². The van der Waals surface area contributed by atoms with Crippen molar-refractivity contribution >= 4 is 5.91 Å². The van der Waals surface area contributed by atoms with E-state index in [2.05, 4.69) is 5.16 Å². The summed E-state index contributed by atoms with van der Waals surface area (Å²) < 4.78 is 10.8. The van der Waals surface area contributed by atoms with Crippen LogP contribution in [0.25, 0.3) is 0 Å². The van der Waals surface area contributed by atoms with Gasteiger partial charge in [-0.15, -0.1) is 0 Å². The minimum Gasteiger partial charge on any atom is -0.393 e. The molecule has 1 aromatic rings. The van der Waals surface area contributed by atoms with Gasteiger partial charge in [0, 0.05) is 24.4 Å². The van der Waals surface area contributed by atoms with E-state index in [0.29, 0.717) is 31.4 Å². The van der Waals surface area contributed by atoms with Crippen LogP contribution in [0.1, 0.15) is 54.3 Å². The molecule has 1 saturated heterocycles.